The third-order valence-electron chi connectivity index (χ3n) is 2.65. The number of unbranched alkanes of at least 4 members (excludes halogenated alkanes) is 3. The van der Waals surface area contributed by atoms with E-state index < -0.39 is 11.5 Å². The van der Waals surface area contributed by atoms with Crippen molar-refractivity contribution in [3.63, 3.8) is 0 Å². The lowest BCUT2D eigenvalue weighted by Gasteiger charge is -2.34. The highest BCUT2D eigenvalue weighted by Gasteiger charge is 2.35. The van der Waals surface area contributed by atoms with E-state index in [1.54, 1.807) is 6.92 Å². The van der Waals surface area contributed by atoms with Crippen LogP contribution in [0.5, 0.6) is 0 Å². The Morgan fingerprint density at radius 3 is 2.06 bits per heavy atom. The SMILES string of the molecule is CCCCCCC(C)(NC(C)(C)C)C(=O)O. The summed E-state index contributed by atoms with van der Waals surface area (Å²) in [5, 5.41) is 12.5. The summed E-state index contributed by atoms with van der Waals surface area (Å²) in [6.45, 7) is 9.94. The fourth-order valence-corrected chi connectivity index (χ4v) is 1.96. The van der Waals surface area contributed by atoms with Crippen molar-refractivity contribution in [2.75, 3.05) is 0 Å². The summed E-state index contributed by atoms with van der Waals surface area (Å²) < 4.78 is 0. The number of carboxylic acids is 1. The highest BCUT2D eigenvalue weighted by atomic mass is 16.4. The molecule has 96 valence electrons. The second-order valence-electron chi connectivity index (χ2n) is 5.82. The lowest BCUT2D eigenvalue weighted by Crippen LogP contribution is -2.57. The van der Waals surface area contributed by atoms with E-state index in [-0.39, 0.29) is 5.54 Å². The summed E-state index contributed by atoms with van der Waals surface area (Å²) in [5.41, 5.74) is -0.968. The fraction of sp³-hybridized carbons (Fsp3) is 0.923. The molecule has 0 aromatic rings. The predicted molar refractivity (Wildman–Crippen MR) is 67.7 cm³/mol. The second kappa shape index (κ2) is 6.24. The van der Waals surface area contributed by atoms with E-state index in [0.717, 1.165) is 12.8 Å². The molecule has 0 aliphatic carbocycles. The number of hydrogen-bond donors (Lipinski definition) is 2. The van der Waals surface area contributed by atoms with Gasteiger partial charge in [-0.2, -0.15) is 0 Å². The molecule has 0 fully saturated rings. The first-order valence-electron chi connectivity index (χ1n) is 6.24. The second-order valence-corrected chi connectivity index (χ2v) is 5.82. The molecule has 0 aromatic heterocycles. The predicted octanol–water partition coefficient (Wildman–Crippen LogP) is 3.19. The Kier molecular flexibility index (Phi) is 6.01. The van der Waals surface area contributed by atoms with Crippen LogP contribution in [-0.2, 0) is 4.79 Å². The Morgan fingerprint density at radius 1 is 1.12 bits per heavy atom. The molecule has 3 heteroatoms. The minimum atomic E-state index is -0.800. The Morgan fingerprint density at radius 2 is 1.69 bits per heavy atom. The van der Waals surface area contributed by atoms with Gasteiger partial charge in [0.1, 0.15) is 5.54 Å². The molecule has 1 atom stereocenters. The summed E-state index contributed by atoms with van der Waals surface area (Å²) >= 11 is 0. The van der Waals surface area contributed by atoms with Crippen molar-refractivity contribution in [2.45, 2.75) is 77.8 Å². The summed E-state index contributed by atoms with van der Waals surface area (Å²) in [6.07, 6.45) is 5.15. The quantitative estimate of drug-likeness (QED) is 0.659. The van der Waals surface area contributed by atoms with Crippen molar-refractivity contribution in [1.82, 2.24) is 5.32 Å². The minimum Gasteiger partial charge on any atom is -0.480 e. The van der Waals surface area contributed by atoms with Crippen LogP contribution in [0.1, 0.15) is 66.7 Å². The maximum absolute atomic E-state index is 11.3. The first-order chi connectivity index (χ1) is 7.21. The van der Waals surface area contributed by atoms with E-state index in [2.05, 4.69) is 12.2 Å². The van der Waals surface area contributed by atoms with Gasteiger partial charge in [-0.15, -0.1) is 0 Å². The van der Waals surface area contributed by atoms with Crippen LogP contribution in [0.25, 0.3) is 0 Å². The fourth-order valence-electron chi connectivity index (χ4n) is 1.96. The Balaban J connectivity index is 4.29. The van der Waals surface area contributed by atoms with Crippen molar-refractivity contribution in [3.05, 3.63) is 0 Å². The van der Waals surface area contributed by atoms with Gasteiger partial charge in [-0.1, -0.05) is 32.6 Å². The first-order valence-corrected chi connectivity index (χ1v) is 6.24. The van der Waals surface area contributed by atoms with E-state index in [1.165, 1.54) is 12.8 Å². The lowest BCUT2D eigenvalue weighted by molar-refractivity contribution is -0.145. The van der Waals surface area contributed by atoms with Crippen LogP contribution in [0.15, 0.2) is 0 Å². The number of nitrogens with one attached hydrogen (secondary N) is 1. The average molecular weight is 229 g/mol. The van der Waals surface area contributed by atoms with Crippen molar-refractivity contribution >= 4 is 5.97 Å². The number of hydrogen-bond acceptors (Lipinski definition) is 2. The smallest absolute Gasteiger partial charge is 0.323 e. The third-order valence-corrected chi connectivity index (χ3v) is 2.65. The molecule has 0 radical (unpaired) electrons. The molecule has 0 aromatic carbocycles. The van der Waals surface area contributed by atoms with Gasteiger partial charge in [-0.05, 0) is 34.1 Å². The van der Waals surface area contributed by atoms with Gasteiger partial charge in [0, 0.05) is 5.54 Å². The molecular weight excluding hydrogens is 202 g/mol. The van der Waals surface area contributed by atoms with Gasteiger partial charge in [-0.25, -0.2) is 0 Å². The maximum Gasteiger partial charge on any atom is 0.323 e. The standard InChI is InChI=1S/C13H27NO2/c1-6-7-8-9-10-13(5,11(15)16)14-12(2,3)4/h14H,6-10H2,1-5H3,(H,15,16). The van der Waals surface area contributed by atoms with E-state index in [0.29, 0.717) is 6.42 Å². The van der Waals surface area contributed by atoms with Crippen molar-refractivity contribution in [2.24, 2.45) is 0 Å². The van der Waals surface area contributed by atoms with Crippen molar-refractivity contribution in [3.8, 4) is 0 Å². The molecule has 0 bridgehead atoms. The zero-order valence-electron chi connectivity index (χ0n) is 11.4. The molecule has 0 aliphatic heterocycles. The molecule has 16 heavy (non-hydrogen) atoms. The number of rotatable bonds is 7. The zero-order chi connectivity index (χ0) is 12.8. The molecule has 3 nitrogen and oxygen atoms in total. The highest BCUT2D eigenvalue weighted by molar-refractivity contribution is 5.78. The van der Waals surface area contributed by atoms with Crippen LogP contribution in [-0.4, -0.2) is 22.2 Å². The Bertz CT molecular complexity index is 220. The van der Waals surface area contributed by atoms with Gasteiger partial charge in [-0.3, -0.25) is 10.1 Å². The molecule has 0 spiro atoms. The first kappa shape index (κ1) is 15.4. The van der Waals surface area contributed by atoms with Crippen LogP contribution in [0.2, 0.25) is 0 Å². The van der Waals surface area contributed by atoms with Crippen LogP contribution in [0, 0.1) is 0 Å². The van der Waals surface area contributed by atoms with Gasteiger partial charge in [0.15, 0.2) is 0 Å². The number of carbonyl (C=O) groups is 1. The van der Waals surface area contributed by atoms with Crippen LogP contribution in [0.3, 0.4) is 0 Å². The summed E-state index contributed by atoms with van der Waals surface area (Å²) in [7, 11) is 0. The monoisotopic (exact) mass is 229 g/mol. The zero-order valence-corrected chi connectivity index (χ0v) is 11.4. The Hall–Kier alpha value is -0.570. The van der Waals surface area contributed by atoms with Crippen LogP contribution < -0.4 is 5.32 Å². The van der Waals surface area contributed by atoms with Crippen LogP contribution in [0.4, 0.5) is 0 Å². The average Bonchev–Trinajstić information content (AvgIpc) is 2.09. The van der Waals surface area contributed by atoms with Gasteiger partial charge in [0.2, 0.25) is 0 Å². The molecular formula is C13H27NO2. The maximum atomic E-state index is 11.3. The number of carboxylic acid groups (broad SMARTS) is 1. The summed E-state index contributed by atoms with van der Waals surface area (Å²) in [6, 6.07) is 0. The van der Waals surface area contributed by atoms with Crippen LogP contribution >= 0.6 is 0 Å². The molecule has 0 saturated heterocycles. The lowest BCUT2D eigenvalue weighted by atomic mass is 9.91. The highest BCUT2D eigenvalue weighted by Crippen LogP contribution is 2.19. The largest absolute Gasteiger partial charge is 0.480 e. The van der Waals surface area contributed by atoms with E-state index in [9.17, 15) is 9.90 Å². The summed E-state index contributed by atoms with van der Waals surface area (Å²) in [5.74, 6) is -0.751. The summed E-state index contributed by atoms with van der Waals surface area (Å²) in [4.78, 5) is 11.3. The topological polar surface area (TPSA) is 49.3 Å². The van der Waals surface area contributed by atoms with Gasteiger partial charge in [0.25, 0.3) is 0 Å². The van der Waals surface area contributed by atoms with E-state index in [4.69, 9.17) is 0 Å². The van der Waals surface area contributed by atoms with Gasteiger partial charge in [0.05, 0.1) is 0 Å². The van der Waals surface area contributed by atoms with E-state index >= 15 is 0 Å². The minimum absolute atomic E-state index is 0.169. The van der Waals surface area contributed by atoms with Crippen molar-refractivity contribution in [1.29, 1.82) is 0 Å². The Labute approximate surface area is 99.6 Å². The molecule has 0 aliphatic rings. The normalized spacial score (nSPS) is 15.8. The third kappa shape index (κ3) is 6.11. The number of aliphatic carboxylic acids is 1. The molecule has 1 unspecified atom stereocenters. The molecule has 0 amide bonds. The van der Waals surface area contributed by atoms with Gasteiger partial charge < -0.3 is 5.11 Å². The molecule has 0 saturated carbocycles. The molecule has 0 heterocycles. The van der Waals surface area contributed by atoms with Gasteiger partial charge >= 0.3 is 5.97 Å². The molecule has 2 N–H and O–H groups in total. The van der Waals surface area contributed by atoms with E-state index in [1.807, 2.05) is 20.8 Å². The molecule has 0 rings (SSSR count). The van der Waals surface area contributed by atoms with Crippen molar-refractivity contribution < 1.29 is 9.90 Å².